The molecule has 0 saturated carbocycles. The maximum atomic E-state index is 11.5. The quantitative estimate of drug-likeness (QED) is 0.883. The first-order valence-corrected chi connectivity index (χ1v) is 9.04. The minimum atomic E-state index is -0.112. The molecule has 2 aromatic rings. The van der Waals surface area contributed by atoms with Crippen LogP contribution in [0.15, 0.2) is 48.5 Å². The van der Waals surface area contributed by atoms with Crippen LogP contribution in [0.3, 0.4) is 0 Å². The molecule has 0 aliphatic carbocycles. The van der Waals surface area contributed by atoms with Gasteiger partial charge in [0.05, 0.1) is 10.7 Å². The van der Waals surface area contributed by atoms with Gasteiger partial charge < -0.3 is 15.5 Å². The normalized spacial score (nSPS) is 13.6. The number of hydrogen-bond donors (Lipinski definition) is 2. The van der Waals surface area contributed by atoms with Gasteiger partial charge in [-0.3, -0.25) is 4.79 Å². The van der Waals surface area contributed by atoms with E-state index in [0.29, 0.717) is 10.6 Å². The SMILES string of the molecule is CCc1ccccc1.CNC(=O)c1ccc(N2CCNCC2)c(Cl)c1. The van der Waals surface area contributed by atoms with Crippen molar-refractivity contribution in [2.24, 2.45) is 0 Å². The lowest BCUT2D eigenvalue weighted by Crippen LogP contribution is -2.43. The number of nitrogens with one attached hydrogen (secondary N) is 2. The highest BCUT2D eigenvalue weighted by molar-refractivity contribution is 6.33. The summed E-state index contributed by atoms with van der Waals surface area (Å²) >= 11 is 6.22. The summed E-state index contributed by atoms with van der Waals surface area (Å²) in [5.41, 5.74) is 3.00. The number of carbonyl (C=O) groups is 1. The average Bonchev–Trinajstić information content (AvgIpc) is 2.69. The maximum absolute atomic E-state index is 11.5. The second kappa shape index (κ2) is 10.1. The third-order valence-electron chi connectivity index (χ3n) is 4.15. The van der Waals surface area contributed by atoms with Crippen LogP contribution < -0.4 is 15.5 Å². The molecule has 0 unspecified atom stereocenters. The van der Waals surface area contributed by atoms with Gasteiger partial charge >= 0.3 is 0 Å². The van der Waals surface area contributed by atoms with Crippen molar-refractivity contribution in [1.29, 1.82) is 0 Å². The summed E-state index contributed by atoms with van der Waals surface area (Å²) in [6.45, 7) is 5.98. The number of halogens is 1. The number of piperazine rings is 1. The third kappa shape index (κ3) is 5.76. The Balaban J connectivity index is 0.000000236. The van der Waals surface area contributed by atoms with Gasteiger partial charge in [0.2, 0.25) is 0 Å². The first kappa shape index (κ1) is 19.3. The number of aryl methyl sites for hydroxylation is 1. The number of benzene rings is 2. The van der Waals surface area contributed by atoms with Crippen LogP contribution in [0.1, 0.15) is 22.8 Å². The molecule has 25 heavy (non-hydrogen) atoms. The van der Waals surface area contributed by atoms with E-state index < -0.39 is 0 Å². The van der Waals surface area contributed by atoms with Crippen LogP contribution >= 0.6 is 11.6 Å². The first-order chi connectivity index (χ1) is 12.2. The Labute approximate surface area is 155 Å². The van der Waals surface area contributed by atoms with Gasteiger partial charge in [0.1, 0.15) is 0 Å². The number of nitrogens with zero attached hydrogens (tertiary/aromatic N) is 1. The minimum absolute atomic E-state index is 0.112. The molecule has 2 N–H and O–H groups in total. The van der Waals surface area contributed by atoms with Crippen LogP contribution in [-0.4, -0.2) is 39.1 Å². The van der Waals surface area contributed by atoms with Gasteiger partial charge in [-0.1, -0.05) is 48.9 Å². The summed E-state index contributed by atoms with van der Waals surface area (Å²) in [5, 5.41) is 6.51. The maximum Gasteiger partial charge on any atom is 0.251 e. The van der Waals surface area contributed by atoms with Gasteiger partial charge in [0.25, 0.3) is 5.91 Å². The van der Waals surface area contributed by atoms with E-state index in [1.165, 1.54) is 5.56 Å². The Bertz CT molecular complexity index is 670. The predicted octanol–water partition coefficient (Wildman–Crippen LogP) is 3.36. The van der Waals surface area contributed by atoms with E-state index in [4.69, 9.17) is 11.6 Å². The summed E-state index contributed by atoms with van der Waals surface area (Å²) in [6.07, 6.45) is 1.14. The Morgan fingerprint density at radius 2 is 1.84 bits per heavy atom. The van der Waals surface area contributed by atoms with Crippen LogP contribution in [-0.2, 0) is 6.42 Å². The Hall–Kier alpha value is -2.04. The molecule has 134 valence electrons. The number of hydrogen-bond acceptors (Lipinski definition) is 3. The Kier molecular flexibility index (Phi) is 7.76. The molecule has 0 spiro atoms. The van der Waals surface area contributed by atoms with Crippen molar-refractivity contribution in [3.8, 4) is 0 Å². The van der Waals surface area contributed by atoms with Crippen molar-refractivity contribution >= 4 is 23.2 Å². The molecule has 0 aromatic heterocycles. The molecular formula is C20H26ClN3O. The summed E-state index contributed by atoms with van der Waals surface area (Å²) < 4.78 is 0. The molecule has 0 bridgehead atoms. The van der Waals surface area contributed by atoms with Crippen LogP contribution in [0.4, 0.5) is 5.69 Å². The fraction of sp³-hybridized carbons (Fsp3) is 0.350. The fourth-order valence-corrected chi connectivity index (χ4v) is 2.97. The minimum Gasteiger partial charge on any atom is -0.368 e. The molecule has 1 heterocycles. The molecule has 0 radical (unpaired) electrons. The standard InChI is InChI=1S/C12H16ClN3O.C8H10/c1-14-12(17)9-2-3-11(10(13)8-9)16-6-4-15-5-7-16;1-2-8-6-4-3-5-7-8/h2-3,8,15H,4-7H2,1H3,(H,14,17);3-7H,2H2,1H3. The largest absolute Gasteiger partial charge is 0.368 e. The van der Waals surface area contributed by atoms with Gasteiger partial charge in [-0.15, -0.1) is 0 Å². The predicted molar refractivity (Wildman–Crippen MR) is 106 cm³/mol. The van der Waals surface area contributed by atoms with Crippen LogP contribution in [0.2, 0.25) is 5.02 Å². The molecule has 1 fully saturated rings. The van der Waals surface area contributed by atoms with E-state index >= 15 is 0 Å². The van der Waals surface area contributed by atoms with Gasteiger partial charge in [-0.25, -0.2) is 0 Å². The van der Waals surface area contributed by atoms with Crippen molar-refractivity contribution in [3.05, 3.63) is 64.7 Å². The summed E-state index contributed by atoms with van der Waals surface area (Å²) in [4.78, 5) is 13.7. The van der Waals surface area contributed by atoms with Gasteiger partial charge in [0.15, 0.2) is 0 Å². The van der Waals surface area contributed by atoms with E-state index in [-0.39, 0.29) is 5.91 Å². The second-order valence-electron chi connectivity index (χ2n) is 5.82. The molecule has 0 atom stereocenters. The van der Waals surface area contributed by atoms with Gasteiger partial charge in [-0.05, 0) is 30.2 Å². The van der Waals surface area contributed by atoms with E-state index in [2.05, 4.69) is 46.7 Å². The zero-order valence-electron chi connectivity index (χ0n) is 14.9. The zero-order chi connectivity index (χ0) is 18.1. The highest BCUT2D eigenvalue weighted by atomic mass is 35.5. The average molecular weight is 360 g/mol. The number of anilines is 1. The van der Waals surface area contributed by atoms with Crippen molar-refractivity contribution < 1.29 is 4.79 Å². The van der Waals surface area contributed by atoms with Crippen LogP contribution in [0.25, 0.3) is 0 Å². The molecule has 3 rings (SSSR count). The summed E-state index contributed by atoms with van der Waals surface area (Å²) in [5.74, 6) is -0.112. The highest BCUT2D eigenvalue weighted by Gasteiger charge is 2.14. The highest BCUT2D eigenvalue weighted by Crippen LogP contribution is 2.27. The molecule has 1 saturated heterocycles. The molecule has 5 heteroatoms. The van der Waals surface area contributed by atoms with Crippen LogP contribution in [0.5, 0.6) is 0 Å². The van der Waals surface area contributed by atoms with Crippen molar-refractivity contribution in [2.45, 2.75) is 13.3 Å². The molecule has 1 amide bonds. The molecule has 1 aliphatic rings. The molecule has 2 aromatic carbocycles. The van der Waals surface area contributed by atoms with E-state index in [0.717, 1.165) is 38.3 Å². The Morgan fingerprint density at radius 1 is 1.16 bits per heavy atom. The smallest absolute Gasteiger partial charge is 0.251 e. The second-order valence-corrected chi connectivity index (χ2v) is 6.23. The number of carbonyl (C=O) groups excluding carboxylic acids is 1. The van der Waals surface area contributed by atoms with E-state index in [1.54, 1.807) is 13.1 Å². The van der Waals surface area contributed by atoms with Crippen molar-refractivity contribution in [2.75, 3.05) is 38.1 Å². The lowest BCUT2D eigenvalue weighted by molar-refractivity contribution is 0.0963. The van der Waals surface area contributed by atoms with Crippen molar-refractivity contribution in [1.82, 2.24) is 10.6 Å². The molecular weight excluding hydrogens is 334 g/mol. The topological polar surface area (TPSA) is 44.4 Å². The Morgan fingerprint density at radius 3 is 2.36 bits per heavy atom. The first-order valence-electron chi connectivity index (χ1n) is 8.67. The number of amides is 1. The van der Waals surface area contributed by atoms with E-state index in [9.17, 15) is 4.79 Å². The van der Waals surface area contributed by atoms with Crippen LogP contribution in [0, 0.1) is 0 Å². The van der Waals surface area contributed by atoms with Gasteiger partial charge in [-0.2, -0.15) is 0 Å². The fourth-order valence-electron chi connectivity index (χ4n) is 2.67. The summed E-state index contributed by atoms with van der Waals surface area (Å²) in [6, 6.07) is 15.9. The van der Waals surface area contributed by atoms with Crippen molar-refractivity contribution in [3.63, 3.8) is 0 Å². The monoisotopic (exact) mass is 359 g/mol. The zero-order valence-corrected chi connectivity index (χ0v) is 15.6. The third-order valence-corrected chi connectivity index (χ3v) is 4.45. The lowest BCUT2D eigenvalue weighted by Gasteiger charge is -2.30. The lowest BCUT2D eigenvalue weighted by atomic mass is 10.1. The number of rotatable bonds is 3. The molecule has 4 nitrogen and oxygen atoms in total. The van der Waals surface area contributed by atoms with E-state index in [1.807, 2.05) is 18.2 Å². The molecule has 1 aliphatic heterocycles. The summed E-state index contributed by atoms with van der Waals surface area (Å²) in [7, 11) is 1.61. The van der Waals surface area contributed by atoms with Gasteiger partial charge in [0, 0.05) is 38.8 Å².